The number of anilines is 1. The number of halogens is 1. The average Bonchev–Trinajstić information content (AvgIpc) is 3.10. The van der Waals surface area contributed by atoms with Gasteiger partial charge in [-0.25, -0.2) is 12.8 Å². The monoisotopic (exact) mass is 391 g/mol. The summed E-state index contributed by atoms with van der Waals surface area (Å²) < 4.78 is 46.8. The Hall–Kier alpha value is -2.38. The van der Waals surface area contributed by atoms with Gasteiger partial charge in [0.05, 0.1) is 17.2 Å². The molecule has 0 saturated carbocycles. The Bertz CT molecular complexity index is 969. The molecule has 3 rings (SSSR count). The molecule has 0 atom stereocenters. The Labute approximate surface area is 156 Å². The second-order valence-corrected chi connectivity index (χ2v) is 8.45. The number of rotatable bonds is 7. The summed E-state index contributed by atoms with van der Waals surface area (Å²) in [4.78, 5) is 1.27. The van der Waals surface area contributed by atoms with E-state index in [1.165, 1.54) is 24.3 Å². The molecule has 3 aromatic rings. The van der Waals surface area contributed by atoms with Gasteiger partial charge in [-0.3, -0.25) is 4.72 Å². The molecule has 0 radical (unpaired) electrons. The van der Waals surface area contributed by atoms with Gasteiger partial charge in [-0.05, 0) is 42.6 Å². The summed E-state index contributed by atoms with van der Waals surface area (Å²) in [7, 11) is -3.83. The number of benzene rings is 2. The van der Waals surface area contributed by atoms with Gasteiger partial charge < -0.3 is 4.74 Å². The van der Waals surface area contributed by atoms with Crippen LogP contribution >= 0.6 is 11.3 Å². The number of ether oxygens (including phenoxy) is 1. The molecule has 1 aromatic heterocycles. The topological polar surface area (TPSA) is 55.4 Å². The van der Waals surface area contributed by atoms with Gasteiger partial charge in [-0.2, -0.15) is 0 Å². The minimum atomic E-state index is -3.83. The minimum absolute atomic E-state index is 0.0803. The van der Waals surface area contributed by atoms with Gasteiger partial charge in [0.25, 0.3) is 10.0 Å². The van der Waals surface area contributed by atoms with Crippen molar-refractivity contribution in [3.63, 3.8) is 0 Å². The van der Waals surface area contributed by atoms with Crippen LogP contribution in [0.5, 0.6) is 5.75 Å². The van der Waals surface area contributed by atoms with E-state index in [-0.39, 0.29) is 10.6 Å². The highest BCUT2D eigenvalue weighted by atomic mass is 32.2. The highest BCUT2D eigenvalue weighted by molar-refractivity contribution is 7.92. The smallest absolute Gasteiger partial charge is 0.262 e. The van der Waals surface area contributed by atoms with Crippen LogP contribution in [0.15, 0.2) is 64.9 Å². The van der Waals surface area contributed by atoms with Gasteiger partial charge in [0, 0.05) is 17.4 Å². The first-order valence-corrected chi connectivity index (χ1v) is 10.3. The van der Waals surface area contributed by atoms with Crippen molar-refractivity contribution in [1.29, 1.82) is 0 Å². The van der Waals surface area contributed by atoms with Crippen molar-refractivity contribution in [2.45, 2.75) is 18.2 Å². The van der Waals surface area contributed by atoms with Crippen molar-refractivity contribution in [3.05, 3.63) is 76.2 Å². The molecule has 0 aliphatic carbocycles. The minimum Gasteiger partial charge on any atom is -0.491 e. The molecule has 0 spiro atoms. The molecule has 0 fully saturated rings. The Kier molecular flexibility index (Phi) is 5.58. The predicted octanol–water partition coefficient (Wildman–Crippen LogP) is 4.62. The van der Waals surface area contributed by atoms with Crippen molar-refractivity contribution in [2.75, 3.05) is 11.3 Å². The van der Waals surface area contributed by atoms with Crippen LogP contribution in [0, 0.1) is 12.7 Å². The lowest BCUT2D eigenvalue weighted by Crippen LogP contribution is -2.14. The Morgan fingerprint density at radius 3 is 2.58 bits per heavy atom. The fourth-order valence-electron chi connectivity index (χ4n) is 2.35. The summed E-state index contributed by atoms with van der Waals surface area (Å²) in [6.07, 6.45) is 0.694. The molecule has 1 N–H and O–H groups in total. The number of hydrogen-bond donors (Lipinski definition) is 1. The van der Waals surface area contributed by atoms with Crippen LogP contribution in [0.25, 0.3) is 0 Å². The van der Waals surface area contributed by atoms with E-state index < -0.39 is 15.8 Å². The number of hydrogen-bond acceptors (Lipinski definition) is 4. The highest BCUT2D eigenvalue weighted by Crippen LogP contribution is 2.28. The molecule has 0 unspecified atom stereocenters. The van der Waals surface area contributed by atoms with E-state index in [0.717, 1.165) is 16.5 Å². The van der Waals surface area contributed by atoms with E-state index in [1.807, 2.05) is 24.4 Å². The lowest BCUT2D eigenvalue weighted by atomic mass is 10.2. The van der Waals surface area contributed by atoms with Crippen molar-refractivity contribution in [3.8, 4) is 5.75 Å². The van der Waals surface area contributed by atoms with E-state index in [0.29, 0.717) is 18.8 Å². The van der Waals surface area contributed by atoms with E-state index in [9.17, 15) is 12.8 Å². The third-order valence-electron chi connectivity index (χ3n) is 3.70. The van der Waals surface area contributed by atoms with Crippen LogP contribution < -0.4 is 9.46 Å². The molecular weight excluding hydrogens is 373 g/mol. The van der Waals surface area contributed by atoms with Crippen molar-refractivity contribution < 1.29 is 17.5 Å². The Balaban J connectivity index is 1.77. The largest absolute Gasteiger partial charge is 0.491 e. The quantitative estimate of drug-likeness (QED) is 0.639. The maximum Gasteiger partial charge on any atom is 0.262 e. The van der Waals surface area contributed by atoms with Crippen LogP contribution in [0.3, 0.4) is 0 Å². The van der Waals surface area contributed by atoms with E-state index in [1.54, 1.807) is 23.5 Å². The van der Waals surface area contributed by atoms with Crippen molar-refractivity contribution >= 4 is 27.0 Å². The van der Waals surface area contributed by atoms with Gasteiger partial charge in [-0.15, -0.1) is 11.3 Å². The predicted molar refractivity (Wildman–Crippen MR) is 102 cm³/mol. The van der Waals surface area contributed by atoms with Gasteiger partial charge in [0.2, 0.25) is 0 Å². The summed E-state index contributed by atoms with van der Waals surface area (Å²) in [5.41, 5.74) is 1.03. The number of aryl methyl sites for hydroxylation is 1. The van der Waals surface area contributed by atoms with E-state index >= 15 is 0 Å². The zero-order chi connectivity index (χ0) is 18.6. The summed E-state index contributed by atoms with van der Waals surface area (Å²) in [5, 5.41) is 1.98. The van der Waals surface area contributed by atoms with Crippen LogP contribution in [0.2, 0.25) is 0 Å². The van der Waals surface area contributed by atoms with Gasteiger partial charge in [0.15, 0.2) is 0 Å². The SMILES string of the molecule is Cc1ccc(S(=O)(=O)Nc2cc(F)ccc2OCCc2cccs2)cc1. The van der Waals surface area contributed by atoms with E-state index in [4.69, 9.17) is 4.74 Å². The number of sulfonamides is 1. The first-order valence-electron chi connectivity index (χ1n) is 7.98. The second-order valence-electron chi connectivity index (χ2n) is 5.74. The summed E-state index contributed by atoms with van der Waals surface area (Å²) in [6.45, 7) is 2.24. The molecular formula is C19H18FNO3S2. The van der Waals surface area contributed by atoms with Gasteiger partial charge >= 0.3 is 0 Å². The number of nitrogens with one attached hydrogen (secondary N) is 1. The highest BCUT2D eigenvalue weighted by Gasteiger charge is 2.17. The standard InChI is InChI=1S/C19H18FNO3S2/c1-14-4-7-17(8-5-14)26(22,23)21-18-13-15(20)6-9-19(18)24-11-10-16-3-2-12-25-16/h2-9,12-13,21H,10-11H2,1H3. The molecule has 0 aliphatic rings. The van der Waals surface area contributed by atoms with Gasteiger partial charge in [-0.1, -0.05) is 23.8 Å². The maximum absolute atomic E-state index is 13.6. The Morgan fingerprint density at radius 2 is 1.88 bits per heavy atom. The fraction of sp³-hybridized carbons (Fsp3) is 0.158. The average molecular weight is 391 g/mol. The van der Waals surface area contributed by atoms with Crippen LogP contribution in [-0.2, 0) is 16.4 Å². The lowest BCUT2D eigenvalue weighted by molar-refractivity contribution is 0.324. The molecule has 136 valence electrons. The molecule has 26 heavy (non-hydrogen) atoms. The zero-order valence-corrected chi connectivity index (χ0v) is 15.7. The third-order valence-corrected chi connectivity index (χ3v) is 6.02. The fourth-order valence-corrected chi connectivity index (χ4v) is 4.10. The third kappa shape index (κ3) is 4.62. The second kappa shape index (κ2) is 7.88. The molecule has 0 saturated heterocycles. The van der Waals surface area contributed by atoms with Crippen molar-refractivity contribution in [1.82, 2.24) is 0 Å². The Morgan fingerprint density at radius 1 is 1.12 bits per heavy atom. The molecule has 0 aliphatic heterocycles. The van der Waals surface area contributed by atoms with Crippen LogP contribution in [0.4, 0.5) is 10.1 Å². The summed E-state index contributed by atoms with van der Waals surface area (Å²) in [6, 6.07) is 14.2. The molecule has 4 nitrogen and oxygen atoms in total. The van der Waals surface area contributed by atoms with Gasteiger partial charge in [0.1, 0.15) is 11.6 Å². The first-order chi connectivity index (χ1) is 12.4. The van der Waals surface area contributed by atoms with E-state index in [2.05, 4.69) is 4.72 Å². The molecule has 7 heteroatoms. The molecule has 0 bridgehead atoms. The first kappa shape index (κ1) is 18.4. The zero-order valence-electron chi connectivity index (χ0n) is 14.1. The van der Waals surface area contributed by atoms with Crippen LogP contribution in [-0.4, -0.2) is 15.0 Å². The molecule has 1 heterocycles. The summed E-state index contributed by atoms with van der Waals surface area (Å²) >= 11 is 1.62. The molecule has 0 amide bonds. The summed E-state index contributed by atoms with van der Waals surface area (Å²) in [5.74, 6) is -0.254. The molecule has 2 aromatic carbocycles. The lowest BCUT2D eigenvalue weighted by Gasteiger charge is -2.14. The normalized spacial score (nSPS) is 11.3. The van der Waals surface area contributed by atoms with Crippen molar-refractivity contribution in [2.24, 2.45) is 0 Å². The number of thiophene rings is 1. The van der Waals surface area contributed by atoms with Crippen LogP contribution in [0.1, 0.15) is 10.4 Å². The maximum atomic E-state index is 13.6.